The second-order valence-electron chi connectivity index (χ2n) is 5.48. The minimum absolute atomic E-state index is 0.0421. The summed E-state index contributed by atoms with van der Waals surface area (Å²) in [6.45, 7) is 4.45. The highest BCUT2D eigenvalue weighted by Gasteiger charge is 2.11. The Kier molecular flexibility index (Phi) is 4.15. The van der Waals surface area contributed by atoms with Crippen molar-refractivity contribution < 1.29 is 13.9 Å². The van der Waals surface area contributed by atoms with Crippen LogP contribution < -0.4 is 4.74 Å². The molecule has 0 aliphatic carbocycles. The van der Waals surface area contributed by atoms with Crippen LogP contribution in [0.3, 0.4) is 0 Å². The van der Waals surface area contributed by atoms with E-state index in [1.807, 2.05) is 42.0 Å². The molecule has 0 N–H and O–H groups in total. The standard InChI is InChI=1S/C19H18FNO2/c1-3-23-16-5-7-18-14(11-16)8-9-21(18)12-19(22)15-4-6-17(20)13(2)10-15/h4-11H,3,12H2,1-2H3. The van der Waals surface area contributed by atoms with E-state index >= 15 is 0 Å². The van der Waals surface area contributed by atoms with Crippen LogP contribution in [-0.2, 0) is 6.54 Å². The quantitative estimate of drug-likeness (QED) is 0.655. The van der Waals surface area contributed by atoms with Crippen LogP contribution in [0.25, 0.3) is 10.9 Å². The monoisotopic (exact) mass is 311 g/mol. The molecule has 118 valence electrons. The number of ketones is 1. The van der Waals surface area contributed by atoms with E-state index in [0.29, 0.717) is 17.7 Å². The molecule has 4 heteroatoms. The van der Waals surface area contributed by atoms with Crippen LogP contribution in [0, 0.1) is 12.7 Å². The largest absolute Gasteiger partial charge is 0.494 e. The van der Waals surface area contributed by atoms with Gasteiger partial charge in [-0.2, -0.15) is 0 Å². The van der Waals surface area contributed by atoms with Crippen molar-refractivity contribution in [3.63, 3.8) is 0 Å². The Hall–Kier alpha value is -2.62. The van der Waals surface area contributed by atoms with Crippen molar-refractivity contribution in [2.75, 3.05) is 6.61 Å². The fraction of sp³-hybridized carbons (Fsp3) is 0.211. The molecule has 0 bridgehead atoms. The van der Waals surface area contributed by atoms with Crippen molar-refractivity contribution in [3.8, 4) is 5.75 Å². The van der Waals surface area contributed by atoms with E-state index in [4.69, 9.17) is 4.74 Å². The maximum Gasteiger partial charge on any atom is 0.182 e. The lowest BCUT2D eigenvalue weighted by Gasteiger charge is -2.07. The van der Waals surface area contributed by atoms with Gasteiger partial charge in [-0.25, -0.2) is 4.39 Å². The van der Waals surface area contributed by atoms with Gasteiger partial charge in [0.2, 0.25) is 0 Å². The number of rotatable bonds is 5. The zero-order valence-electron chi connectivity index (χ0n) is 13.2. The first kappa shape index (κ1) is 15.3. The number of aromatic nitrogens is 1. The predicted octanol–water partition coefficient (Wildman–Crippen LogP) is 4.37. The zero-order chi connectivity index (χ0) is 16.4. The number of fused-ring (bicyclic) bond motifs is 1. The van der Waals surface area contributed by atoms with Crippen molar-refractivity contribution in [1.29, 1.82) is 0 Å². The molecule has 0 aliphatic heterocycles. The highest BCUT2D eigenvalue weighted by atomic mass is 19.1. The molecule has 23 heavy (non-hydrogen) atoms. The number of carbonyl (C=O) groups is 1. The molecule has 0 aliphatic rings. The summed E-state index contributed by atoms with van der Waals surface area (Å²) in [4.78, 5) is 12.4. The summed E-state index contributed by atoms with van der Waals surface area (Å²) in [6, 6.07) is 12.2. The van der Waals surface area contributed by atoms with Crippen molar-refractivity contribution in [2.45, 2.75) is 20.4 Å². The van der Waals surface area contributed by atoms with E-state index in [1.54, 1.807) is 13.0 Å². The molecule has 1 aromatic heterocycles. The van der Waals surface area contributed by atoms with E-state index in [0.717, 1.165) is 16.7 Å². The molecule has 0 atom stereocenters. The Morgan fingerprint density at radius 1 is 1.17 bits per heavy atom. The van der Waals surface area contributed by atoms with E-state index < -0.39 is 0 Å². The molecule has 3 rings (SSSR count). The SMILES string of the molecule is CCOc1ccc2c(ccn2CC(=O)c2ccc(F)c(C)c2)c1. The number of carbonyl (C=O) groups excluding carboxylic acids is 1. The molecule has 0 amide bonds. The topological polar surface area (TPSA) is 31.2 Å². The normalized spacial score (nSPS) is 10.9. The minimum Gasteiger partial charge on any atom is -0.494 e. The van der Waals surface area contributed by atoms with Gasteiger partial charge in [-0.3, -0.25) is 4.79 Å². The Bertz CT molecular complexity index is 867. The number of halogens is 1. The lowest BCUT2D eigenvalue weighted by molar-refractivity contribution is 0.0973. The Labute approximate surface area is 134 Å². The van der Waals surface area contributed by atoms with Gasteiger partial charge in [-0.05, 0) is 61.9 Å². The van der Waals surface area contributed by atoms with Gasteiger partial charge in [-0.1, -0.05) is 0 Å². The molecular weight excluding hydrogens is 293 g/mol. The Morgan fingerprint density at radius 3 is 2.74 bits per heavy atom. The average molecular weight is 311 g/mol. The first-order chi connectivity index (χ1) is 11.1. The Balaban J connectivity index is 1.86. The van der Waals surface area contributed by atoms with Crippen molar-refractivity contribution >= 4 is 16.7 Å². The second-order valence-corrected chi connectivity index (χ2v) is 5.48. The van der Waals surface area contributed by atoms with Crippen molar-refractivity contribution in [2.24, 2.45) is 0 Å². The van der Waals surface area contributed by atoms with Crippen LogP contribution >= 0.6 is 0 Å². The Morgan fingerprint density at radius 2 is 2.00 bits per heavy atom. The fourth-order valence-corrected chi connectivity index (χ4v) is 2.64. The molecule has 0 radical (unpaired) electrons. The third-order valence-corrected chi connectivity index (χ3v) is 3.85. The smallest absolute Gasteiger partial charge is 0.182 e. The number of hydrogen-bond acceptors (Lipinski definition) is 2. The lowest BCUT2D eigenvalue weighted by atomic mass is 10.1. The maximum absolute atomic E-state index is 13.3. The number of ether oxygens (including phenoxy) is 1. The van der Waals surface area contributed by atoms with Crippen LogP contribution in [0.5, 0.6) is 5.75 Å². The first-order valence-electron chi connectivity index (χ1n) is 7.59. The summed E-state index contributed by atoms with van der Waals surface area (Å²) < 4.78 is 20.7. The number of hydrogen-bond donors (Lipinski definition) is 0. The first-order valence-corrected chi connectivity index (χ1v) is 7.59. The van der Waals surface area contributed by atoms with E-state index in [2.05, 4.69) is 0 Å². The summed E-state index contributed by atoms with van der Waals surface area (Å²) in [5, 5.41) is 1.03. The number of aryl methyl sites for hydroxylation is 1. The molecule has 2 aromatic carbocycles. The van der Waals surface area contributed by atoms with Crippen molar-refractivity contribution in [1.82, 2.24) is 4.57 Å². The molecule has 3 aromatic rings. The summed E-state index contributed by atoms with van der Waals surface area (Å²) in [5.41, 5.74) is 1.98. The molecule has 1 heterocycles. The third kappa shape index (κ3) is 3.11. The van der Waals surface area contributed by atoms with Gasteiger partial charge in [0.25, 0.3) is 0 Å². The van der Waals surface area contributed by atoms with E-state index in [-0.39, 0.29) is 18.1 Å². The lowest BCUT2D eigenvalue weighted by Crippen LogP contribution is -2.10. The van der Waals surface area contributed by atoms with Crippen LogP contribution in [0.2, 0.25) is 0 Å². The number of nitrogens with zero attached hydrogens (tertiary/aromatic N) is 1. The van der Waals surface area contributed by atoms with Gasteiger partial charge in [-0.15, -0.1) is 0 Å². The van der Waals surface area contributed by atoms with Crippen LogP contribution in [-0.4, -0.2) is 17.0 Å². The summed E-state index contributed by atoms with van der Waals surface area (Å²) in [7, 11) is 0. The molecule has 0 saturated carbocycles. The summed E-state index contributed by atoms with van der Waals surface area (Å²) in [5.74, 6) is 0.481. The maximum atomic E-state index is 13.3. The van der Waals surface area contributed by atoms with Gasteiger partial charge < -0.3 is 9.30 Å². The van der Waals surface area contributed by atoms with Crippen molar-refractivity contribution in [3.05, 3.63) is 65.6 Å². The molecular formula is C19H18FNO2. The minimum atomic E-state index is -0.295. The zero-order valence-corrected chi connectivity index (χ0v) is 13.2. The van der Waals surface area contributed by atoms with E-state index in [9.17, 15) is 9.18 Å². The molecule has 0 saturated heterocycles. The number of benzene rings is 2. The number of Topliss-reactive ketones (excluding diaryl/α,β-unsaturated/α-hetero) is 1. The summed E-state index contributed by atoms with van der Waals surface area (Å²) >= 11 is 0. The average Bonchev–Trinajstić information content (AvgIpc) is 2.92. The highest BCUT2D eigenvalue weighted by Crippen LogP contribution is 2.22. The van der Waals surface area contributed by atoms with Gasteiger partial charge in [0.1, 0.15) is 11.6 Å². The molecule has 3 nitrogen and oxygen atoms in total. The fourth-order valence-electron chi connectivity index (χ4n) is 2.64. The predicted molar refractivity (Wildman–Crippen MR) is 88.6 cm³/mol. The van der Waals surface area contributed by atoms with Crippen LogP contribution in [0.1, 0.15) is 22.8 Å². The van der Waals surface area contributed by atoms with Gasteiger partial charge in [0.05, 0.1) is 13.2 Å². The van der Waals surface area contributed by atoms with Gasteiger partial charge in [0, 0.05) is 22.7 Å². The van der Waals surface area contributed by atoms with E-state index in [1.165, 1.54) is 12.1 Å². The van der Waals surface area contributed by atoms with Gasteiger partial charge in [0.15, 0.2) is 5.78 Å². The summed E-state index contributed by atoms with van der Waals surface area (Å²) in [6.07, 6.45) is 1.88. The molecule has 0 unspecified atom stereocenters. The highest BCUT2D eigenvalue weighted by molar-refractivity contribution is 5.97. The third-order valence-electron chi connectivity index (χ3n) is 3.85. The second kappa shape index (κ2) is 6.24. The van der Waals surface area contributed by atoms with Crippen LogP contribution in [0.4, 0.5) is 4.39 Å². The molecule has 0 spiro atoms. The van der Waals surface area contributed by atoms with Gasteiger partial charge >= 0.3 is 0 Å². The molecule has 0 fully saturated rings. The van der Waals surface area contributed by atoms with Crippen LogP contribution in [0.15, 0.2) is 48.7 Å².